The van der Waals surface area contributed by atoms with Gasteiger partial charge in [0.25, 0.3) is 30.4 Å². The smallest absolute Gasteiger partial charge is 0.295 e. The number of nitrogens with zero attached hydrogens (tertiary/aromatic N) is 2. The fraction of sp³-hybridized carbons (Fsp3) is 0.162. The number of hydrogen-bond acceptors (Lipinski definition) is 7. The van der Waals surface area contributed by atoms with Gasteiger partial charge < -0.3 is 4.90 Å². The minimum Gasteiger partial charge on any atom is -0.367 e. The Morgan fingerprint density at radius 3 is 1.75 bits per heavy atom. The molecule has 269 valence electrons. The first-order chi connectivity index (χ1) is 24.1. The molecular weight excluding hydrogens is 740 g/mol. The van der Waals surface area contributed by atoms with E-state index in [4.69, 9.17) is 0 Å². The summed E-state index contributed by atoms with van der Waals surface area (Å²) in [5.41, 5.74) is 5.16. The van der Waals surface area contributed by atoms with Crippen molar-refractivity contribution < 1.29 is 43.5 Å². The van der Waals surface area contributed by atoms with Crippen LogP contribution in [0.25, 0.3) is 5.57 Å². The summed E-state index contributed by atoms with van der Waals surface area (Å²) < 4.78 is 103. The molecule has 5 rings (SSSR count). The second-order valence-corrected chi connectivity index (χ2v) is 15.9. The van der Waals surface area contributed by atoms with Crippen molar-refractivity contribution in [3.8, 4) is 0 Å². The number of anilines is 1. The highest BCUT2D eigenvalue weighted by Crippen LogP contribution is 2.35. The Bertz CT molecular complexity index is 2400. The first kappa shape index (κ1) is 40.6. The van der Waals surface area contributed by atoms with Crippen molar-refractivity contribution >= 4 is 64.7 Å². The molecule has 3 radical (unpaired) electrons. The van der Waals surface area contributed by atoms with E-state index in [2.05, 4.69) is 0 Å². The maximum absolute atomic E-state index is 12.5. The topological polar surface area (TPSA) is 169 Å². The van der Waals surface area contributed by atoms with Gasteiger partial charge in [0, 0.05) is 59.4 Å². The molecule has 3 N–H and O–H groups in total. The Morgan fingerprint density at radius 1 is 0.654 bits per heavy atom. The normalized spacial score (nSPS) is 13.1. The van der Waals surface area contributed by atoms with Crippen molar-refractivity contribution in [3.63, 3.8) is 0 Å². The molecule has 0 unspecified atom stereocenters. The average Bonchev–Trinajstić information content (AvgIpc) is 3.10. The first-order valence-electron chi connectivity index (χ1n) is 15.9. The average molecular weight is 777 g/mol. The molecule has 0 amide bonds. The lowest BCUT2D eigenvalue weighted by Crippen LogP contribution is -2.22. The molecule has 0 atom stereocenters. The molecule has 4 aromatic carbocycles. The van der Waals surface area contributed by atoms with E-state index in [1.54, 1.807) is 36.4 Å². The van der Waals surface area contributed by atoms with Crippen LogP contribution in [-0.4, -0.2) is 79.6 Å². The summed E-state index contributed by atoms with van der Waals surface area (Å²) >= 11 is 0. The van der Waals surface area contributed by atoms with Gasteiger partial charge in [0.2, 0.25) is 0 Å². The fourth-order valence-electron chi connectivity index (χ4n) is 5.87. The minimum absolute atomic E-state index is 0. The van der Waals surface area contributed by atoms with Crippen LogP contribution in [0.4, 0.5) is 5.69 Å². The van der Waals surface area contributed by atoms with Crippen LogP contribution in [0, 0.1) is 0 Å². The maximum Gasteiger partial charge on any atom is 0.295 e. The summed E-state index contributed by atoms with van der Waals surface area (Å²) in [4.78, 5) is 1.37. The standard InChI is InChI=1S/C37H36N2O9S3.Al/c1-3-38(25-27-9-7-11-33(23-27)49(40,41)42)31-19-15-29(16-20-31)37(35-13-5-6-14-36(35)51(46,47)48)30-17-21-32(22-18-30)39(4-2)26-28-10-8-12-34(24-28)50(43,44)45;/h5-24H,3-4,25-26H2,1-2H3,(H2-,40,41,42,43,44,45,46,47,48);/p+1. The third kappa shape index (κ3) is 9.82. The lowest BCUT2D eigenvalue weighted by Gasteiger charge is -2.24. The molecule has 52 heavy (non-hydrogen) atoms. The van der Waals surface area contributed by atoms with Crippen LogP contribution in [-0.2, 0) is 43.4 Å². The zero-order valence-electron chi connectivity index (χ0n) is 28.4. The number of benzene rings is 4. The van der Waals surface area contributed by atoms with Crippen LogP contribution in [0.1, 0.15) is 36.1 Å². The Labute approximate surface area is 315 Å². The lowest BCUT2D eigenvalue weighted by atomic mass is 9.90. The predicted molar refractivity (Wildman–Crippen MR) is 202 cm³/mol. The van der Waals surface area contributed by atoms with Gasteiger partial charge in [-0.1, -0.05) is 54.6 Å². The molecular formula is C37H37AlN2O9S3+. The largest absolute Gasteiger partial charge is 0.367 e. The molecule has 0 aliphatic heterocycles. The molecule has 0 bridgehead atoms. The Balaban J connectivity index is 0.00000605. The van der Waals surface area contributed by atoms with Gasteiger partial charge in [-0.05, 0) is 90.7 Å². The zero-order valence-corrected chi connectivity index (χ0v) is 32.0. The highest BCUT2D eigenvalue weighted by molar-refractivity contribution is 7.86. The Morgan fingerprint density at radius 2 is 1.21 bits per heavy atom. The van der Waals surface area contributed by atoms with Gasteiger partial charge in [-0.2, -0.15) is 25.3 Å². The van der Waals surface area contributed by atoms with Crippen molar-refractivity contribution in [1.82, 2.24) is 0 Å². The van der Waals surface area contributed by atoms with Crippen LogP contribution >= 0.6 is 0 Å². The van der Waals surface area contributed by atoms with Gasteiger partial charge in [0.15, 0.2) is 12.3 Å². The van der Waals surface area contributed by atoms with Gasteiger partial charge in [-0.15, -0.1) is 0 Å². The Hall–Kier alpha value is -4.17. The van der Waals surface area contributed by atoms with Crippen molar-refractivity contribution in [2.45, 2.75) is 41.6 Å². The number of rotatable bonds is 12. The summed E-state index contributed by atoms with van der Waals surface area (Å²) in [6, 6.07) is 25.8. The van der Waals surface area contributed by atoms with Crippen LogP contribution in [0.5, 0.6) is 0 Å². The third-order valence-corrected chi connectivity index (χ3v) is 11.0. The van der Waals surface area contributed by atoms with Crippen LogP contribution in [0.3, 0.4) is 0 Å². The van der Waals surface area contributed by atoms with E-state index in [0.717, 1.165) is 11.4 Å². The molecule has 0 heterocycles. The summed E-state index contributed by atoms with van der Waals surface area (Å²) in [6.45, 7) is 5.77. The molecule has 15 heteroatoms. The third-order valence-electron chi connectivity index (χ3n) is 8.38. The van der Waals surface area contributed by atoms with Gasteiger partial charge in [0.05, 0.1) is 9.79 Å². The maximum atomic E-state index is 12.5. The van der Waals surface area contributed by atoms with Crippen molar-refractivity contribution in [3.05, 3.63) is 149 Å². The molecule has 1 aliphatic rings. The monoisotopic (exact) mass is 776 g/mol. The second kappa shape index (κ2) is 16.7. The van der Waals surface area contributed by atoms with E-state index < -0.39 is 30.4 Å². The van der Waals surface area contributed by atoms with E-state index in [1.165, 1.54) is 36.4 Å². The highest BCUT2D eigenvalue weighted by Gasteiger charge is 2.22. The molecule has 0 spiro atoms. The van der Waals surface area contributed by atoms with Crippen molar-refractivity contribution in [2.75, 3.05) is 18.0 Å². The van der Waals surface area contributed by atoms with E-state index in [-0.39, 0.29) is 32.0 Å². The summed E-state index contributed by atoms with van der Waals surface area (Å²) in [5, 5.41) is 0. The van der Waals surface area contributed by atoms with E-state index in [0.29, 0.717) is 59.6 Å². The second-order valence-electron chi connectivity index (χ2n) is 11.7. The molecule has 0 fully saturated rings. The summed E-state index contributed by atoms with van der Waals surface area (Å²) in [6.07, 6.45) is 7.43. The van der Waals surface area contributed by atoms with Crippen molar-refractivity contribution in [2.24, 2.45) is 0 Å². The van der Waals surface area contributed by atoms with Gasteiger partial charge in [0.1, 0.15) is 11.4 Å². The minimum atomic E-state index is -4.60. The molecule has 0 saturated heterocycles. The Kier molecular flexibility index (Phi) is 13.0. The molecule has 4 aromatic rings. The van der Waals surface area contributed by atoms with Crippen molar-refractivity contribution in [1.29, 1.82) is 0 Å². The van der Waals surface area contributed by atoms with Gasteiger partial charge in [-0.25, -0.2) is 4.58 Å². The van der Waals surface area contributed by atoms with Crippen LogP contribution < -0.4 is 4.90 Å². The summed E-state index contributed by atoms with van der Waals surface area (Å²) in [7, 11) is -13.3. The van der Waals surface area contributed by atoms with E-state index in [9.17, 15) is 38.9 Å². The SMILES string of the molecule is CCN(Cc1cccc(S(=O)(=O)O)c1)c1ccc(C(=C2C=CC(=[N+](CC)Cc3cccc(S(=O)(=O)O)c3)C=C2)c2ccccc2S(=O)(=O)O)cc1.[Al]. The van der Waals surface area contributed by atoms with Gasteiger partial charge >= 0.3 is 0 Å². The summed E-state index contributed by atoms with van der Waals surface area (Å²) in [5.74, 6) is 0. The number of allylic oxidation sites excluding steroid dienone is 5. The quantitative estimate of drug-likeness (QED) is 0.0926. The molecule has 1 aliphatic carbocycles. The highest BCUT2D eigenvalue weighted by atomic mass is 32.2. The zero-order chi connectivity index (χ0) is 37.0. The molecule has 0 saturated carbocycles. The van der Waals surface area contributed by atoms with Gasteiger partial charge in [-0.3, -0.25) is 13.7 Å². The van der Waals surface area contributed by atoms with E-state index in [1.807, 2.05) is 71.9 Å². The lowest BCUT2D eigenvalue weighted by molar-refractivity contribution is -0.539. The number of hydrogen-bond donors (Lipinski definition) is 3. The predicted octanol–water partition coefficient (Wildman–Crippen LogP) is 5.67. The molecule has 11 nitrogen and oxygen atoms in total. The molecule has 0 aromatic heterocycles. The van der Waals surface area contributed by atoms with E-state index >= 15 is 0 Å². The van der Waals surface area contributed by atoms with Crippen LogP contribution in [0.15, 0.2) is 142 Å². The van der Waals surface area contributed by atoms with Crippen LogP contribution in [0.2, 0.25) is 0 Å². The first-order valence-corrected chi connectivity index (χ1v) is 20.2. The fourth-order valence-corrected chi connectivity index (χ4v) is 7.67.